The standard InChI is InChI=1S/C6H10F2O5S/c1-2-3-4-11-5(9)6(7,8)14-13-12-10/h10H,2-4H2,1H3/p-1. The van der Waals surface area contributed by atoms with Crippen LogP contribution in [0.5, 0.6) is 0 Å². The lowest BCUT2D eigenvalue weighted by Crippen LogP contribution is -2.28. The Hall–Kier alpha value is -0.440. The maximum absolute atomic E-state index is 12.6. The van der Waals surface area contributed by atoms with Gasteiger partial charge in [-0.05, 0) is 6.42 Å². The number of rotatable bonds is 7. The largest absolute Gasteiger partial charge is 0.691 e. The van der Waals surface area contributed by atoms with E-state index in [0.717, 1.165) is 0 Å². The molecule has 0 aromatic carbocycles. The molecule has 0 aliphatic carbocycles. The van der Waals surface area contributed by atoms with Crippen LogP contribution >= 0.6 is 12.0 Å². The zero-order valence-electron chi connectivity index (χ0n) is 7.33. The summed E-state index contributed by atoms with van der Waals surface area (Å²) in [5, 5.41) is 7.98. The Labute approximate surface area is 83.4 Å². The summed E-state index contributed by atoms with van der Waals surface area (Å²) in [6, 6.07) is 0. The summed E-state index contributed by atoms with van der Waals surface area (Å²) in [6.45, 7) is 1.72. The van der Waals surface area contributed by atoms with Crippen molar-refractivity contribution in [2.75, 3.05) is 6.61 Å². The van der Waals surface area contributed by atoms with Crippen LogP contribution in [0.1, 0.15) is 19.8 Å². The molecule has 0 aliphatic rings. The predicted molar refractivity (Wildman–Crippen MR) is 40.6 cm³/mol. The Morgan fingerprint density at radius 1 is 1.57 bits per heavy atom. The monoisotopic (exact) mass is 231 g/mol. The number of alkyl halides is 2. The lowest BCUT2D eigenvalue weighted by Gasteiger charge is -2.13. The zero-order chi connectivity index (χ0) is 11.0. The smallest absolute Gasteiger partial charge is 0.415 e. The van der Waals surface area contributed by atoms with Gasteiger partial charge in [-0.1, -0.05) is 13.3 Å². The molecule has 0 N–H and O–H groups in total. The van der Waals surface area contributed by atoms with Gasteiger partial charge in [0.2, 0.25) is 0 Å². The normalized spacial score (nSPS) is 11.4. The van der Waals surface area contributed by atoms with Gasteiger partial charge in [-0.3, -0.25) is 5.04 Å². The second-order valence-electron chi connectivity index (χ2n) is 2.23. The predicted octanol–water partition coefficient (Wildman–Crippen LogP) is 0.794. The minimum atomic E-state index is -3.93. The molecule has 0 fully saturated rings. The average molecular weight is 231 g/mol. The molecule has 8 heteroatoms. The van der Waals surface area contributed by atoms with Crippen LogP contribution in [0.2, 0.25) is 0 Å². The van der Waals surface area contributed by atoms with Crippen LogP contribution in [-0.4, -0.2) is 17.8 Å². The fraction of sp³-hybridized carbons (Fsp3) is 0.833. The Morgan fingerprint density at radius 3 is 2.71 bits per heavy atom. The number of hydrogen-bond donors (Lipinski definition) is 0. The van der Waals surface area contributed by atoms with Crippen molar-refractivity contribution in [3.63, 3.8) is 0 Å². The van der Waals surface area contributed by atoms with E-state index in [1.807, 2.05) is 6.92 Å². The van der Waals surface area contributed by atoms with Crippen LogP contribution in [0.3, 0.4) is 0 Å². The third-order valence-corrected chi connectivity index (χ3v) is 1.63. The molecule has 0 saturated carbocycles. The number of carbonyl (C=O) groups excluding carboxylic acids is 1. The molecule has 0 aliphatic heterocycles. The van der Waals surface area contributed by atoms with E-state index in [-0.39, 0.29) is 6.61 Å². The second-order valence-corrected chi connectivity index (χ2v) is 3.04. The van der Waals surface area contributed by atoms with Crippen LogP contribution < -0.4 is 5.26 Å². The van der Waals surface area contributed by atoms with Crippen molar-refractivity contribution >= 4 is 18.0 Å². The van der Waals surface area contributed by atoms with Gasteiger partial charge in [-0.2, -0.15) is 13.1 Å². The molecular formula is C6H9F2O5S-. The SMILES string of the molecule is CCCCOC(=O)C(F)(F)SOO[O-]. The number of hydrogen-bond acceptors (Lipinski definition) is 6. The number of carbonyl (C=O) groups is 1. The highest BCUT2D eigenvalue weighted by Crippen LogP contribution is 2.30. The topological polar surface area (TPSA) is 67.8 Å². The molecule has 14 heavy (non-hydrogen) atoms. The highest BCUT2D eigenvalue weighted by molar-refractivity contribution is 7.96. The van der Waals surface area contributed by atoms with E-state index in [2.05, 4.69) is 14.1 Å². The van der Waals surface area contributed by atoms with Gasteiger partial charge in [0.1, 0.15) is 12.0 Å². The molecular weight excluding hydrogens is 222 g/mol. The van der Waals surface area contributed by atoms with E-state index in [0.29, 0.717) is 12.8 Å². The molecule has 0 saturated heterocycles. The van der Waals surface area contributed by atoms with Gasteiger partial charge >= 0.3 is 11.2 Å². The van der Waals surface area contributed by atoms with E-state index in [9.17, 15) is 18.8 Å². The second kappa shape index (κ2) is 6.93. The molecule has 5 nitrogen and oxygen atoms in total. The maximum atomic E-state index is 12.6. The molecule has 0 amide bonds. The van der Waals surface area contributed by atoms with Crippen molar-refractivity contribution in [3.8, 4) is 0 Å². The summed E-state index contributed by atoms with van der Waals surface area (Å²) < 4.78 is 32.7. The van der Waals surface area contributed by atoms with Crippen LogP contribution in [0.15, 0.2) is 0 Å². The molecule has 0 rings (SSSR count). The lowest BCUT2D eigenvalue weighted by molar-refractivity contribution is -0.777. The summed E-state index contributed by atoms with van der Waals surface area (Å²) in [5.74, 6) is -1.76. The minimum Gasteiger partial charge on any atom is -0.691 e. The number of ether oxygens (including phenoxy) is 1. The van der Waals surface area contributed by atoms with Crippen molar-refractivity contribution in [2.24, 2.45) is 0 Å². The van der Waals surface area contributed by atoms with Gasteiger partial charge in [0.05, 0.1) is 6.61 Å². The Bertz CT molecular complexity index is 178. The Balaban J connectivity index is 3.82. The molecule has 0 heterocycles. The van der Waals surface area contributed by atoms with Crippen LogP contribution in [0.25, 0.3) is 0 Å². The molecule has 0 radical (unpaired) electrons. The highest BCUT2D eigenvalue weighted by atomic mass is 32.2. The molecule has 0 spiro atoms. The first-order valence-electron chi connectivity index (χ1n) is 3.74. The van der Waals surface area contributed by atoms with Crippen molar-refractivity contribution in [1.29, 1.82) is 0 Å². The van der Waals surface area contributed by atoms with Gasteiger partial charge in [0.15, 0.2) is 0 Å². The average Bonchev–Trinajstić information content (AvgIpc) is 2.15. The van der Waals surface area contributed by atoms with E-state index in [1.165, 1.54) is 0 Å². The van der Waals surface area contributed by atoms with E-state index in [1.54, 1.807) is 0 Å². The fourth-order valence-corrected chi connectivity index (χ4v) is 0.724. The van der Waals surface area contributed by atoms with Gasteiger partial charge in [0.25, 0.3) is 0 Å². The summed E-state index contributed by atoms with van der Waals surface area (Å²) in [7, 11) is 0. The van der Waals surface area contributed by atoms with E-state index < -0.39 is 23.3 Å². The summed E-state index contributed by atoms with van der Waals surface area (Å²) in [6.07, 6.45) is 1.21. The van der Waals surface area contributed by atoms with Gasteiger partial charge < -0.3 is 9.99 Å². The molecule has 84 valence electrons. The van der Waals surface area contributed by atoms with Gasteiger partial charge in [-0.25, -0.2) is 4.79 Å². The Morgan fingerprint density at radius 2 is 2.21 bits per heavy atom. The van der Waals surface area contributed by atoms with Crippen molar-refractivity contribution < 1.29 is 32.9 Å². The summed E-state index contributed by atoms with van der Waals surface area (Å²) in [4.78, 5) is 10.6. The number of halogens is 2. The maximum Gasteiger partial charge on any atom is 0.415 e. The molecule has 0 unspecified atom stereocenters. The van der Waals surface area contributed by atoms with Gasteiger partial charge in [0, 0.05) is 0 Å². The quantitative estimate of drug-likeness (QED) is 0.212. The third kappa shape index (κ3) is 5.32. The zero-order valence-corrected chi connectivity index (χ0v) is 8.14. The first-order chi connectivity index (χ1) is 6.54. The fourth-order valence-electron chi connectivity index (χ4n) is 0.484. The van der Waals surface area contributed by atoms with Crippen molar-refractivity contribution in [2.45, 2.75) is 25.0 Å². The van der Waals surface area contributed by atoms with E-state index in [4.69, 9.17) is 0 Å². The van der Waals surface area contributed by atoms with Crippen molar-refractivity contribution in [3.05, 3.63) is 0 Å². The molecule has 0 atom stereocenters. The minimum absolute atomic E-state index is 0.0935. The molecule has 0 bridgehead atoms. The van der Waals surface area contributed by atoms with E-state index >= 15 is 0 Å². The third-order valence-electron chi connectivity index (χ3n) is 1.14. The Kier molecular flexibility index (Phi) is 6.71. The van der Waals surface area contributed by atoms with Crippen LogP contribution in [0, 0.1) is 0 Å². The molecule has 0 aromatic heterocycles. The van der Waals surface area contributed by atoms with Crippen molar-refractivity contribution in [1.82, 2.24) is 0 Å². The highest BCUT2D eigenvalue weighted by Gasteiger charge is 2.43. The lowest BCUT2D eigenvalue weighted by atomic mass is 10.4. The molecule has 0 aromatic rings. The first kappa shape index (κ1) is 13.6. The van der Waals surface area contributed by atoms with Gasteiger partial charge in [-0.15, -0.1) is 0 Å². The summed E-state index contributed by atoms with van der Waals surface area (Å²) in [5.41, 5.74) is 0. The first-order valence-corrected chi connectivity index (χ1v) is 4.48. The van der Waals surface area contributed by atoms with Crippen LogP contribution in [-0.2, 0) is 18.9 Å². The number of esters is 1. The summed E-state index contributed by atoms with van der Waals surface area (Å²) >= 11 is -0.698. The van der Waals surface area contributed by atoms with Crippen LogP contribution in [0.4, 0.5) is 8.78 Å². The number of unbranched alkanes of at least 4 members (excludes halogenated alkanes) is 1.